The monoisotopic (exact) mass is 438 g/mol. The summed E-state index contributed by atoms with van der Waals surface area (Å²) < 4.78 is 2.17. The molecule has 0 fully saturated rings. The number of hydrogen-bond acceptors (Lipinski definition) is 2. The quantitative estimate of drug-likeness (QED) is 0.370. The van der Waals surface area contributed by atoms with Crippen molar-refractivity contribution in [1.29, 1.82) is 0 Å². The van der Waals surface area contributed by atoms with Gasteiger partial charge in [0.25, 0.3) is 0 Å². The third-order valence-corrected chi connectivity index (χ3v) is 6.86. The first-order valence-electron chi connectivity index (χ1n) is 8.72. The summed E-state index contributed by atoms with van der Waals surface area (Å²) in [6.07, 6.45) is 7.59. The van der Waals surface area contributed by atoms with E-state index in [4.69, 9.17) is 34.8 Å². The fourth-order valence-corrected chi connectivity index (χ4v) is 4.75. The van der Waals surface area contributed by atoms with Crippen molar-refractivity contribution >= 4 is 46.6 Å². The highest BCUT2D eigenvalue weighted by Gasteiger charge is 2.26. The molecular weight excluding hydrogens is 419 g/mol. The summed E-state index contributed by atoms with van der Waals surface area (Å²) in [7, 11) is 0. The van der Waals surface area contributed by atoms with E-state index in [1.165, 1.54) is 5.56 Å². The summed E-state index contributed by atoms with van der Waals surface area (Å²) >= 11 is 20.3. The Hall–Kier alpha value is -1.13. The van der Waals surface area contributed by atoms with Crippen molar-refractivity contribution in [3.8, 4) is 0 Å². The maximum Gasteiger partial charge on any atom is 0.0946 e. The zero-order valence-corrected chi connectivity index (χ0v) is 18.1. The van der Waals surface area contributed by atoms with Crippen LogP contribution in [0.1, 0.15) is 24.5 Å². The molecule has 0 radical (unpaired) electrons. The van der Waals surface area contributed by atoms with E-state index in [1.54, 1.807) is 0 Å². The molecular formula is C21H21Cl3N2S. The number of imidazole rings is 1. The molecule has 0 aliphatic carbocycles. The molecule has 0 N–H and O–H groups in total. The molecule has 1 atom stereocenters. The number of halogens is 3. The number of rotatable bonds is 8. The van der Waals surface area contributed by atoms with Gasteiger partial charge in [-0.25, -0.2) is 4.98 Å². The summed E-state index contributed by atoms with van der Waals surface area (Å²) in [6.45, 7) is 3.19. The summed E-state index contributed by atoms with van der Waals surface area (Å²) in [5.74, 6) is 0.927. The Morgan fingerprint density at radius 3 is 2.44 bits per heavy atom. The fraction of sp³-hybridized carbons (Fsp3) is 0.286. The van der Waals surface area contributed by atoms with E-state index in [1.807, 2.05) is 60.8 Å². The van der Waals surface area contributed by atoms with Gasteiger partial charge in [-0.15, -0.1) is 11.8 Å². The molecule has 1 unspecified atom stereocenters. The fourth-order valence-electron chi connectivity index (χ4n) is 2.93. The van der Waals surface area contributed by atoms with Crippen LogP contribution in [0.2, 0.25) is 15.1 Å². The van der Waals surface area contributed by atoms with Crippen LogP contribution in [0.25, 0.3) is 0 Å². The molecule has 0 bridgehead atoms. The van der Waals surface area contributed by atoms with Crippen molar-refractivity contribution in [2.45, 2.75) is 36.8 Å². The average Bonchev–Trinajstić information content (AvgIpc) is 3.13. The van der Waals surface area contributed by atoms with Crippen molar-refractivity contribution in [2.75, 3.05) is 0 Å². The highest BCUT2D eigenvalue weighted by Crippen LogP contribution is 2.36. The van der Waals surface area contributed by atoms with E-state index >= 15 is 0 Å². The number of aryl methyl sites for hydroxylation is 1. The van der Waals surface area contributed by atoms with Gasteiger partial charge in [-0.3, -0.25) is 0 Å². The van der Waals surface area contributed by atoms with Crippen molar-refractivity contribution < 1.29 is 0 Å². The minimum absolute atomic E-state index is 0.0311. The predicted molar refractivity (Wildman–Crippen MR) is 118 cm³/mol. The highest BCUT2D eigenvalue weighted by molar-refractivity contribution is 7.99. The molecule has 0 aliphatic heterocycles. The average molecular weight is 440 g/mol. The van der Waals surface area contributed by atoms with Crippen molar-refractivity contribution in [2.24, 2.45) is 0 Å². The second kappa shape index (κ2) is 9.38. The Labute approximate surface area is 179 Å². The zero-order valence-electron chi connectivity index (χ0n) is 15.0. The van der Waals surface area contributed by atoms with Gasteiger partial charge >= 0.3 is 0 Å². The number of thioether (sulfide) groups is 1. The van der Waals surface area contributed by atoms with Gasteiger partial charge in [-0.05, 0) is 55.2 Å². The van der Waals surface area contributed by atoms with Crippen LogP contribution < -0.4 is 0 Å². The van der Waals surface area contributed by atoms with Crippen LogP contribution in [0, 0.1) is 0 Å². The lowest BCUT2D eigenvalue weighted by Gasteiger charge is -2.30. The molecule has 1 heterocycles. The van der Waals surface area contributed by atoms with Crippen LogP contribution in [0.5, 0.6) is 0 Å². The van der Waals surface area contributed by atoms with E-state index in [9.17, 15) is 0 Å². The molecule has 0 amide bonds. The Balaban J connectivity index is 1.71. The summed E-state index contributed by atoms with van der Waals surface area (Å²) in [4.78, 5) is 4.18. The summed E-state index contributed by atoms with van der Waals surface area (Å²) in [5.41, 5.74) is 2.40. The van der Waals surface area contributed by atoms with Gasteiger partial charge in [-0.2, -0.15) is 0 Å². The predicted octanol–water partition coefficient (Wildman–Crippen LogP) is 7.17. The van der Waals surface area contributed by atoms with Crippen molar-refractivity contribution in [3.05, 3.63) is 87.4 Å². The van der Waals surface area contributed by atoms with Gasteiger partial charge in [0.05, 0.1) is 6.33 Å². The molecule has 6 heteroatoms. The maximum absolute atomic E-state index is 6.37. The lowest BCUT2D eigenvalue weighted by molar-refractivity contribution is 0.495. The number of hydrogen-bond donors (Lipinski definition) is 0. The molecule has 142 valence electrons. The molecule has 2 aromatic carbocycles. The smallest absolute Gasteiger partial charge is 0.0946 e. The van der Waals surface area contributed by atoms with Crippen molar-refractivity contribution in [3.63, 3.8) is 0 Å². The van der Waals surface area contributed by atoms with Crippen molar-refractivity contribution in [1.82, 2.24) is 9.55 Å². The number of aromatic nitrogens is 2. The van der Waals surface area contributed by atoms with E-state index in [0.29, 0.717) is 5.02 Å². The molecule has 3 aromatic rings. The standard InChI is InChI=1S/C21H21Cl3N2S/c1-21(14-26-11-10-25-15-26,27-13-16-2-5-18(22)6-3-16)9-8-17-4-7-19(23)12-20(17)24/h2-7,10-12,15H,8-9,13-14H2,1H3. The van der Waals surface area contributed by atoms with Crippen LogP contribution in [0.15, 0.2) is 61.2 Å². The minimum atomic E-state index is 0.0311. The van der Waals surface area contributed by atoms with Gasteiger partial charge in [0, 0.05) is 44.5 Å². The van der Waals surface area contributed by atoms with E-state index < -0.39 is 0 Å². The summed E-state index contributed by atoms with van der Waals surface area (Å²) in [5, 5.41) is 2.17. The summed E-state index contributed by atoms with van der Waals surface area (Å²) in [6, 6.07) is 13.8. The molecule has 27 heavy (non-hydrogen) atoms. The second-order valence-corrected chi connectivity index (χ2v) is 9.68. The van der Waals surface area contributed by atoms with E-state index in [0.717, 1.165) is 40.7 Å². The van der Waals surface area contributed by atoms with Crippen LogP contribution in [-0.2, 0) is 18.7 Å². The maximum atomic E-state index is 6.37. The van der Waals surface area contributed by atoms with Crippen LogP contribution in [-0.4, -0.2) is 14.3 Å². The van der Waals surface area contributed by atoms with Gasteiger partial charge in [0.15, 0.2) is 0 Å². The normalized spacial score (nSPS) is 13.5. The second-order valence-electron chi connectivity index (χ2n) is 6.84. The molecule has 0 aliphatic rings. The molecule has 3 rings (SSSR count). The first-order chi connectivity index (χ1) is 12.9. The van der Waals surface area contributed by atoms with Crippen LogP contribution in [0.3, 0.4) is 0 Å². The minimum Gasteiger partial charge on any atom is -0.336 e. The van der Waals surface area contributed by atoms with Gasteiger partial charge in [0.2, 0.25) is 0 Å². The first-order valence-corrected chi connectivity index (χ1v) is 10.8. The topological polar surface area (TPSA) is 17.8 Å². The van der Waals surface area contributed by atoms with Crippen LogP contribution in [0.4, 0.5) is 0 Å². The Kier molecular flexibility index (Phi) is 7.16. The molecule has 1 aromatic heterocycles. The van der Waals surface area contributed by atoms with E-state index in [-0.39, 0.29) is 4.75 Å². The third kappa shape index (κ3) is 6.18. The Morgan fingerprint density at radius 1 is 1.04 bits per heavy atom. The first kappa shape index (κ1) is 20.6. The molecule has 2 nitrogen and oxygen atoms in total. The lowest BCUT2D eigenvalue weighted by Crippen LogP contribution is -2.27. The Bertz CT molecular complexity index is 866. The van der Waals surface area contributed by atoms with Gasteiger partial charge in [0.1, 0.15) is 0 Å². The third-order valence-electron chi connectivity index (χ3n) is 4.52. The molecule has 0 spiro atoms. The van der Waals surface area contributed by atoms with Crippen LogP contribution >= 0.6 is 46.6 Å². The number of benzene rings is 2. The zero-order chi connectivity index (χ0) is 19.3. The SMILES string of the molecule is CC(CCc1ccc(Cl)cc1Cl)(Cn1ccnc1)SCc1ccc(Cl)cc1. The van der Waals surface area contributed by atoms with Gasteiger partial charge < -0.3 is 4.57 Å². The van der Waals surface area contributed by atoms with E-state index in [2.05, 4.69) is 28.6 Å². The lowest BCUT2D eigenvalue weighted by atomic mass is 10.00. The Morgan fingerprint density at radius 2 is 1.78 bits per heavy atom. The highest BCUT2D eigenvalue weighted by atomic mass is 35.5. The van der Waals surface area contributed by atoms with Gasteiger partial charge in [-0.1, -0.05) is 53.0 Å². The molecule has 0 saturated heterocycles. The largest absolute Gasteiger partial charge is 0.336 e. The number of nitrogens with zero attached hydrogens (tertiary/aromatic N) is 2. The molecule has 0 saturated carbocycles.